The maximum atomic E-state index is 4.03. The number of hydrogen-bond acceptors (Lipinski definition) is 2. The molecule has 0 aliphatic carbocycles. The predicted octanol–water partition coefficient (Wildman–Crippen LogP) is 13.5. The van der Waals surface area contributed by atoms with Gasteiger partial charge in [0, 0.05) is 39.4 Å². The van der Waals surface area contributed by atoms with Crippen molar-refractivity contribution >= 4 is 39.2 Å². The van der Waals surface area contributed by atoms with Gasteiger partial charge in [0.25, 0.3) is 0 Å². The molecule has 0 aromatic heterocycles. The van der Waals surface area contributed by atoms with Crippen LogP contribution in [-0.4, -0.2) is 0 Å². The smallest absolute Gasteiger partial charge is 0.0540 e. The van der Waals surface area contributed by atoms with Gasteiger partial charge in [0.2, 0.25) is 0 Å². The van der Waals surface area contributed by atoms with Crippen molar-refractivity contribution in [1.82, 2.24) is 0 Å². The van der Waals surface area contributed by atoms with Gasteiger partial charge >= 0.3 is 0 Å². The highest BCUT2D eigenvalue weighted by Crippen LogP contribution is 2.40. The Bertz CT molecular complexity index is 2060. The van der Waals surface area contributed by atoms with Crippen molar-refractivity contribution in [3.05, 3.63) is 199 Å². The zero-order valence-electron chi connectivity index (χ0n) is 28.1. The molecule has 0 aliphatic rings. The number of anilines is 5. The van der Waals surface area contributed by atoms with Gasteiger partial charge in [-0.3, -0.25) is 0 Å². The summed E-state index contributed by atoms with van der Waals surface area (Å²) in [7, 11) is 0. The van der Waals surface area contributed by atoms with Gasteiger partial charge in [-0.05, 0) is 97.0 Å². The molecule has 0 radical (unpaired) electrons. The number of nitrogens with zero attached hydrogens (tertiary/aromatic N) is 2. The van der Waals surface area contributed by atoms with E-state index in [4.69, 9.17) is 0 Å². The zero-order valence-corrected chi connectivity index (χ0v) is 28.1. The van der Waals surface area contributed by atoms with E-state index in [9.17, 15) is 0 Å². The standard InChI is InChI=1S/C46H42N2/c1-5-18-43(35(6-2)7-3)45(8-4)47(39-21-11-9-12-22-39)41-31-27-36(28-32-41)37-29-33-42(34-30-37)48(40-23-13-10-14-24-40)46-26-17-20-38-19-15-16-25-44(38)46/h5-6,8-34H,1,7H2,2-4H3/b35-6-,43-18+,45-8+. The van der Waals surface area contributed by atoms with Crippen LogP contribution < -0.4 is 9.80 Å². The van der Waals surface area contributed by atoms with Crippen molar-refractivity contribution in [2.24, 2.45) is 0 Å². The van der Waals surface area contributed by atoms with E-state index in [-0.39, 0.29) is 0 Å². The zero-order chi connectivity index (χ0) is 33.3. The first-order valence-electron chi connectivity index (χ1n) is 16.7. The van der Waals surface area contributed by atoms with Gasteiger partial charge in [-0.1, -0.05) is 135 Å². The molecule has 0 spiro atoms. The molecule has 0 unspecified atom stereocenters. The first-order chi connectivity index (χ1) is 23.7. The summed E-state index contributed by atoms with van der Waals surface area (Å²) < 4.78 is 0. The van der Waals surface area contributed by atoms with Crippen LogP contribution in [0.3, 0.4) is 0 Å². The minimum atomic E-state index is 0.938. The Morgan fingerprint density at radius 1 is 0.562 bits per heavy atom. The summed E-state index contributed by atoms with van der Waals surface area (Å²) in [6, 6.07) is 54.1. The predicted molar refractivity (Wildman–Crippen MR) is 209 cm³/mol. The lowest BCUT2D eigenvalue weighted by Gasteiger charge is -2.30. The maximum absolute atomic E-state index is 4.03. The fourth-order valence-electron chi connectivity index (χ4n) is 6.45. The van der Waals surface area contributed by atoms with Crippen LogP contribution in [0.25, 0.3) is 21.9 Å². The van der Waals surface area contributed by atoms with Crippen molar-refractivity contribution in [2.45, 2.75) is 27.2 Å². The second kappa shape index (κ2) is 15.2. The molecule has 0 fully saturated rings. The number of rotatable bonds is 11. The van der Waals surface area contributed by atoms with E-state index >= 15 is 0 Å². The molecule has 0 bridgehead atoms. The summed E-state index contributed by atoms with van der Waals surface area (Å²) in [6.45, 7) is 10.4. The van der Waals surface area contributed by atoms with Gasteiger partial charge in [0.05, 0.1) is 5.69 Å². The highest BCUT2D eigenvalue weighted by molar-refractivity contribution is 5.99. The number of fused-ring (bicyclic) bond motifs is 1. The van der Waals surface area contributed by atoms with Crippen molar-refractivity contribution < 1.29 is 0 Å². The van der Waals surface area contributed by atoms with Crippen LogP contribution in [0.1, 0.15) is 27.2 Å². The molecule has 0 atom stereocenters. The Kier molecular flexibility index (Phi) is 10.1. The molecule has 236 valence electrons. The molecule has 2 nitrogen and oxygen atoms in total. The third-order valence-corrected chi connectivity index (χ3v) is 8.77. The topological polar surface area (TPSA) is 6.48 Å². The largest absolute Gasteiger partial charge is 0.310 e. The maximum Gasteiger partial charge on any atom is 0.0540 e. The van der Waals surface area contributed by atoms with Crippen LogP contribution in [0, 0.1) is 0 Å². The Morgan fingerprint density at radius 3 is 1.67 bits per heavy atom. The summed E-state index contributed by atoms with van der Waals surface area (Å²) in [5, 5.41) is 2.44. The molecular formula is C46H42N2. The minimum absolute atomic E-state index is 0.938. The van der Waals surface area contributed by atoms with E-state index in [1.54, 1.807) is 0 Å². The molecule has 0 heterocycles. The van der Waals surface area contributed by atoms with E-state index in [2.05, 4.69) is 207 Å². The lowest BCUT2D eigenvalue weighted by Crippen LogP contribution is -2.19. The van der Waals surface area contributed by atoms with E-state index in [1.165, 1.54) is 33.0 Å². The third kappa shape index (κ3) is 6.65. The molecule has 48 heavy (non-hydrogen) atoms. The van der Waals surface area contributed by atoms with Crippen molar-refractivity contribution in [3.63, 3.8) is 0 Å². The number of para-hydroxylation sites is 2. The first-order valence-corrected chi connectivity index (χ1v) is 16.7. The summed E-state index contributed by atoms with van der Waals surface area (Å²) in [5.41, 5.74) is 11.5. The van der Waals surface area contributed by atoms with E-state index in [1.807, 2.05) is 6.08 Å². The monoisotopic (exact) mass is 622 g/mol. The SMILES string of the molecule is C=C/C=C(C(=C/C)\CC)/C(=C\C)N(c1ccccc1)c1ccc(-c2ccc(N(c3ccccc3)c3cccc4ccccc34)cc2)cc1. The Labute approximate surface area is 285 Å². The van der Waals surface area contributed by atoms with Crippen LogP contribution in [0.2, 0.25) is 0 Å². The lowest BCUT2D eigenvalue weighted by molar-refractivity contribution is 1.07. The molecule has 6 aromatic rings. The summed E-state index contributed by atoms with van der Waals surface area (Å²) in [6.07, 6.45) is 9.34. The van der Waals surface area contributed by atoms with E-state index < -0.39 is 0 Å². The Morgan fingerprint density at radius 2 is 1.08 bits per heavy atom. The molecule has 0 saturated heterocycles. The molecule has 6 rings (SSSR count). The van der Waals surface area contributed by atoms with Gasteiger partial charge in [-0.2, -0.15) is 0 Å². The van der Waals surface area contributed by atoms with Crippen molar-refractivity contribution in [1.29, 1.82) is 0 Å². The van der Waals surface area contributed by atoms with Crippen LogP contribution in [0.5, 0.6) is 0 Å². The molecule has 0 amide bonds. The molecule has 0 N–H and O–H groups in total. The van der Waals surface area contributed by atoms with E-state index in [0.717, 1.165) is 40.6 Å². The number of benzene rings is 6. The van der Waals surface area contributed by atoms with Crippen LogP contribution in [0.4, 0.5) is 28.4 Å². The lowest BCUT2D eigenvalue weighted by atomic mass is 9.97. The first kappa shape index (κ1) is 32.1. The second-order valence-electron chi connectivity index (χ2n) is 11.6. The third-order valence-electron chi connectivity index (χ3n) is 8.77. The minimum Gasteiger partial charge on any atom is -0.310 e. The van der Waals surface area contributed by atoms with Gasteiger partial charge < -0.3 is 9.80 Å². The molecule has 6 aromatic carbocycles. The summed E-state index contributed by atoms with van der Waals surface area (Å²) in [4.78, 5) is 4.68. The average Bonchev–Trinajstić information content (AvgIpc) is 3.15. The Balaban J connectivity index is 1.37. The van der Waals surface area contributed by atoms with Crippen molar-refractivity contribution in [2.75, 3.05) is 9.80 Å². The highest BCUT2D eigenvalue weighted by atomic mass is 15.2. The molecule has 0 saturated carbocycles. The number of hydrogen-bond donors (Lipinski definition) is 0. The van der Waals surface area contributed by atoms with Gasteiger partial charge in [-0.25, -0.2) is 0 Å². The van der Waals surface area contributed by atoms with Crippen LogP contribution >= 0.6 is 0 Å². The van der Waals surface area contributed by atoms with Crippen LogP contribution in [0.15, 0.2) is 199 Å². The average molecular weight is 623 g/mol. The van der Waals surface area contributed by atoms with Crippen molar-refractivity contribution in [3.8, 4) is 11.1 Å². The molecule has 0 aliphatic heterocycles. The fraction of sp³-hybridized carbons (Fsp3) is 0.0870. The summed E-state index contributed by atoms with van der Waals surface area (Å²) >= 11 is 0. The molecular weight excluding hydrogens is 581 g/mol. The fourth-order valence-corrected chi connectivity index (χ4v) is 6.45. The highest BCUT2D eigenvalue weighted by Gasteiger charge is 2.20. The van der Waals surface area contributed by atoms with Crippen LogP contribution in [-0.2, 0) is 0 Å². The summed E-state index contributed by atoms with van der Waals surface area (Å²) in [5.74, 6) is 0. The molecule has 2 heteroatoms. The normalized spacial score (nSPS) is 12.2. The Hall–Kier alpha value is -5.86. The van der Waals surface area contributed by atoms with E-state index in [0.29, 0.717) is 0 Å². The van der Waals surface area contributed by atoms with Gasteiger partial charge in [-0.15, -0.1) is 0 Å². The van der Waals surface area contributed by atoms with Gasteiger partial charge in [0.1, 0.15) is 0 Å². The quantitative estimate of drug-likeness (QED) is 0.133. The second-order valence-corrected chi connectivity index (χ2v) is 11.6. The number of allylic oxidation sites excluding steroid dienone is 5. The van der Waals surface area contributed by atoms with Gasteiger partial charge in [0.15, 0.2) is 0 Å².